The van der Waals surface area contributed by atoms with Crippen LogP contribution in [0.5, 0.6) is 0 Å². The zero-order chi connectivity index (χ0) is 94.6. The molecule has 6 aromatic heterocycles. The number of hydrogen-bond donors (Lipinski definition) is 0. The molecular weight excluding hydrogens is 1750 g/mol. The van der Waals surface area contributed by atoms with Crippen molar-refractivity contribution in [1.29, 1.82) is 0 Å². The normalized spacial score (nSPS) is 12.8. The second-order valence-corrected chi connectivity index (χ2v) is 38.8. The summed E-state index contributed by atoms with van der Waals surface area (Å²) in [4.78, 5) is 51.1. The fourth-order valence-electron chi connectivity index (χ4n) is 23.8. The van der Waals surface area contributed by atoms with E-state index < -0.39 is 0 Å². The van der Waals surface area contributed by atoms with Crippen molar-refractivity contribution in [1.82, 2.24) is 39.9 Å². The van der Waals surface area contributed by atoms with Crippen LogP contribution < -0.4 is 24.8 Å². The maximum atomic E-state index is 6.26. The molecule has 4 aliphatic rings. The second-order valence-electron chi connectivity index (χ2n) is 38.8. The maximum absolute atomic E-state index is 6.26. The molecule has 0 atom stereocenters. The van der Waals surface area contributed by atoms with Crippen molar-refractivity contribution in [2.45, 2.75) is 284 Å². The maximum Gasteiger partial charge on any atom is 2.00 e. The minimum Gasteiger partial charge on any atom is -0.657 e. The van der Waals surface area contributed by atoms with Gasteiger partial charge in [0.05, 0.1) is 45.6 Å². The standard InChI is InChI=1S/C124H135N9.2Zn/c1-30-39-40-41-42-85-43-49-88(50-44-85)133(89-51-45-86(46-52-89)107-121-95(35-6)81(26)117(129-121)109(103-69(14)55-65(10)56-70(103)15)113-77(22)91(31-2)99(125-113)63-100-92(32-3)78(23)114(126-100)110(104-71(16)57-66(11)58-72(104)17)118-82(27)96(36-7)122(107)130-118)90-53-47-87(48-54-90)108-123-97(37-8)83(28)119(131-123)111(105-73(18)59-67(12)60-74(105)19)115-79(24)93(33-4)101(127-115)64-102-94(34-5)80(25)116(128-102)112(106-75(20)61-68(13)62-76(106)21)120-84(29)98(38-9)124(108)132-120;;/h43-64H,30-42H2,1-29H3;;/q-4;2*+2. The zero-order valence-electron chi connectivity index (χ0n) is 86.3. The minimum atomic E-state index is 0. The molecule has 0 spiro atoms. The molecular formula is C124H135N9Zn2. The number of aromatic nitrogens is 8. The van der Waals surface area contributed by atoms with Gasteiger partial charge in [0.25, 0.3) is 0 Å². The number of allylic oxidation sites excluding steroid dienone is 8. The molecule has 13 aromatic rings. The van der Waals surface area contributed by atoms with Crippen LogP contribution in [0.1, 0.15) is 304 Å². The van der Waals surface area contributed by atoms with E-state index in [0.717, 1.165) is 238 Å². The van der Waals surface area contributed by atoms with Crippen molar-refractivity contribution >= 4 is 106 Å². The first-order valence-electron chi connectivity index (χ1n) is 49.5. The molecule has 16 bridgehead atoms. The molecule has 11 heteroatoms. The van der Waals surface area contributed by atoms with Crippen LogP contribution in [0.4, 0.5) is 17.1 Å². The number of hydrogen-bond acceptors (Lipinski definition) is 5. The van der Waals surface area contributed by atoms with Crippen LogP contribution in [0.25, 0.3) is 155 Å². The van der Waals surface area contributed by atoms with Gasteiger partial charge in [-0.1, -0.05) is 245 Å². The van der Waals surface area contributed by atoms with E-state index in [1.165, 1.54) is 181 Å². The van der Waals surface area contributed by atoms with Gasteiger partial charge in [-0.15, -0.1) is 44.1 Å². The van der Waals surface area contributed by atoms with E-state index in [9.17, 15) is 0 Å². The van der Waals surface area contributed by atoms with Crippen molar-refractivity contribution in [2.75, 3.05) is 4.90 Å². The zero-order valence-corrected chi connectivity index (χ0v) is 92.3. The Morgan fingerprint density at radius 2 is 0.519 bits per heavy atom. The summed E-state index contributed by atoms with van der Waals surface area (Å²) in [6, 6.07) is 51.6. The van der Waals surface area contributed by atoms with Crippen molar-refractivity contribution < 1.29 is 39.0 Å². The van der Waals surface area contributed by atoms with Crippen LogP contribution in [0, 0.1) is 111 Å². The van der Waals surface area contributed by atoms with Crippen LogP contribution in [0.15, 0.2) is 133 Å². The van der Waals surface area contributed by atoms with E-state index in [1.54, 1.807) is 0 Å². The number of rotatable bonds is 22. The predicted octanol–water partition coefficient (Wildman–Crippen LogP) is 33.6. The van der Waals surface area contributed by atoms with Crippen LogP contribution >= 0.6 is 0 Å². The molecule has 0 radical (unpaired) electrons. The molecule has 0 fully saturated rings. The second kappa shape index (κ2) is 39.5. The Hall–Kier alpha value is -11.2. The van der Waals surface area contributed by atoms with Crippen LogP contribution in [0.3, 0.4) is 0 Å². The van der Waals surface area contributed by atoms with Crippen molar-refractivity contribution in [3.8, 4) is 66.8 Å². The number of fused-ring (bicyclic) bond motifs is 16. The number of anilines is 3. The van der Waals surface area contributed by atoms with Crippen LogP contribution in [-0.2, 0) is 71.1 Å². The first-order valence-corrected chi connectivity index (χ1v) is 49.5. The fraction of sp³-hybridized carbons (Fsp3) is 0.339. The van der Waals surface area contributed by atoms with Crippen molar-refractivity contribution in [2.24, 2.45) is 0 Å². The van der Waals surface area contributed by atoms with E-state index >= 15 is 0 Å². The van der Waals surface area contributed by atoms with Crippen molar-refractivity contribution in [3.05, 3.63) is 296 Å². The predicted molar refractivity (Wildman–Crippen MR) is 571 cm³/mol. The fourth-order valence-corrected chi connectivity index (χ4v) is 23.8. The molecule has 680 valence electrons. The summed E-state index contributed by atoms with van der Waals surface area (Å²) in [5, 5.41) is 0. The Morgan fingerprint density at radius 3 is 0.807 bits per heavy atom. The van der Waals surface area contributed by atoms with Gasteiger partial charge in [-0.3, -0.25) is 0 Å². The third-order valence-corrected chi connectivity index (χ3v) is 29.9. The molecule has 10 heterocycles. The molecule has 17 rings (SSSR count). The largest absolute Gasteiger partial charge is 2.00 e. The smallest absolute Gasteiger partial charge is 0.657 e. The van der Waals surface area contributed by atoms with Crippen molar-refractivity contribution in [3.63, 3.8) is 0 Å². The molecule has 135 heavy (non-hydrogen) atoms. The van der Waals surface area contributed by atoms with Gasteiger partial charge in [0, 0.05) is 17.1 Å². The number of nitrogens with zero attached hydrogens (tertiary/aromatic N) is 9. The van der Waals surface area contributed by atoms with Gasteiger partial charge in [0.1, 0.15) is 0 Å². The molecule has 4 aliphatic heterocycles. The molecule has 0 saturated heterocycles. The summed E-state index contributed by atoms with van der Waals surface area (Å²) < 4.78 is 0. The quantitative estimate of drug-likeness (QED) is 0.0484. The average molecular weight is 1880 g/mol. The third-order valence-electron chi connectivity index (χ3n) is 29.9. The first kappa shape index (κ1) is 98.3. The topological polar surface area (TPSA) is 111 Å². The molecule has 7 aromatic carbocycles. The third kappa shape index (κ3) is 17.0. The van der Waals surface area contributed by atoms with E-state index in [0.29, 0.717) is 0 Å². The molecule has 0 aliphatic carbocycles. The molecule has 0 saturated carbocycles. The summed E-state index contributed by atoms with van der Waals surface area (Å²) >= 11 is 0. The van der Waals surface area contributed by atoms with Gasteiger partial charge in [-0.05, 0) is 400 Å². The molecule has 0 N–H and O–H groups in total. The Labute approximate surface area is 829 Å². The van der Waals surface area contributed by atoms with E-state index in [4.69, 9.17) is 39.9 Å². The van der Waals surface area contributed by atoms with Gasteiger partial charge in [0.2, 0.25) is 0 Å². The first-order chi connectivity index (χ1) is 63.8. The van der Waals surface area contributed by atoms with E-state index in [-0.39, 0.29) is 39.0 Å². The molecule has 9 nitrogen and oxygen atoms in total. The van der Waals surface area contributed by atoms with Gasteiger partial charge < -0.3 is 24.8 Å². The summed E-state index contributed by atoms with van der Waals surface area (Å²) in [7, 11) is 0. The summed E-state index contributed by atoms with van der Waals surface area (Å²) in [5.74, 6) is 0. The Morgan fingerprint density at radius 1 is 0.244 bits per heavy atom. The van der Waals surface area contributed by atoms with Gasteiger partial charge >= 0.3 is 39.0 Å². The Balaban J connectivity index is 0.00000694. The number of benzene rings is 7. The summed E-state index contributed by atoms with van der Waals surface area (Å²) in [6.07, 6.45) is 12.0. The van der Waals surface area contributed by atoms with E-state index in [2.05, 4.69) is 339 Å². The number of unbranched alkanes of at least 4 members (excludes halogenated alkanes) is 3. The Kier molecular flexibility index (Phi) is 28.7. The average Bonchev–Trinajstić information content (AvgIpc) is 1.57. The summed E-state index contributed by atoms with van der Waals surface area (Å²) in [6.45, 7) is 66.2. The van der Waals surface area contributed by atoms with Crippen LogP contribution in [-0.4, -0.2) is 19.9 Å². The van der Waals surface area contributed by atoms with Gasteiger partial charge in [-0.2, -0.15) is 0 Å². The van der Waals surface area contributed by atoms with Gasteiger partial charge in [0.15, 0.2) is 0 Å². The number of aryl methyl sites for hydroxylation is 21. The molecule has 0 unspecified atom stereocenters. The van der Waals surface area contributed by atoms with Gasteiger partial charge in [-0.25, -0.2) is 19.9 Å². The van der Waals surface area contributed by atoms with E-state index in [1.807, 2.05) is 0 Å². The Bertz CT molecular complexity index is 6890. The molecule has 0 amide bonds. The van der Waals surface area contributed by atoms with Crippen LogP contribution in [0.2, 0.25) is 0 Å². The monoisotopic (exact) mass is 1880 g/mol. The SMILES string of the molecule is CCCCCCc1ccc(N(c2ccc(-c3c4nc(c(-c5c(C)cc(C)cc5C)c5[n-]c(cc6nc(c(-c7c(C)cc(C)cc7C)c7[n-]c3c(CC)c7C)C(C)=C6CC)c(CC)c5C)C(C)=C4CC)cc2)c2ccc(-c3c4nc(c(-c5c(C)cc(C)cc5C)c5[n-]c(cc6nc(c(-c7c(C)cc(C)cc7C)c7[n-]c3c(CC)c7C)C(C)=C6CC)c(CC)c5C)C(C)=C4CC)cc2)cc1.[Zn+2].[Zn+2]. The minimum absolute atomic E-state index is 0. The summed E-state index contributed by atoms with van der Waals surface area (Å²) in [5.41, 5.74) is 66.5.